The molecule has 4 aromatic rings. The summed E-state index contributed by atoms with van der Waals surface area (Å²) in [7, 11) is 0. The van der Waals surface area contributed by atoms with Gasteiger partial charge in [0.1, 0.15) is 5.41 Å². The van der Waals surface area contributed by atoms with Crippen molar-refractivity contribution < 1.29 is 4.79 Å². The maximum Gasteiger partial charge on any atom is 0.182 e. The van der Waals surface area contributed by atoms with Crippen molar-refractivity contribution in [2.24, 2.45) is 0 Å². The Morgan fingerprint density at radius 1 is 0.593 bits per heavy atom. The number of rotatable bonds is 2. The molecule has 0 saturated heterocycles. The normalized spacial score (nSPS) is 16.2. The summed E-state index contributed by atoms with van der Waals surface area (Å²) in [5, 5.41) is 2.51. The third-order valence-electron chi connectivity index (χ3n) is 6.40. The van der Waals surface area contributed by atoms with E-state index in [-0.39, 0.29) is 5.78 Å². The molecular formula is C26H18O. The van der Waals surface area contributed by atoms with Crippen LogP contribution in [0.1, 0.15) is 38.2 Å². The maximum atomic E-state index is 14.0. The van der Waals surface area contributed by atoms with Crippen molar-refractivity contribution in [3.63, 3.8) is 0 Å². The molecule has 0 spiro atoms. The Bertz CT molecular complexity index is 1170. The summed E-state index contributed by atoms with van der Waals surface area (Å²) in [6.45, 7) is 0. The number of carbonyl (C=O) groups is 1. The topological polar surface area (TPSA) is 17.1 Å². The van der Waals surface area contributed by atoms with Crippen molar-refractivity contribution in [1.29, 1.82) is 0 Å². The molecule has 27 heavy (non-hydrogen) atoms. The number of benzene rings is 4. The largest absolute Gasteiger partial charge is 0.292 e. The second kappa shape index (κ2) is 5.17. The zero-order valence-corrected chi connectivity index (χ0v) is 14.9. The molecule has 0 N–H and O–H groups in total. The Kier molecular flexibility index (Phi) is 2.86. The third kappa shape index (κ3) is 1.72. The molecule has 0 atom stereocenters. The molecule has 2 aliphatic rings. The van der Waals surface area contributed by atoms with Crippen LogP contribution in [0.25, 0.3) is 10.8 Å². The highest BCUT2D eigenvalue weighted by atomic mass is 16.1. The number of carbonyl (C=O) groups excluding carboxylic acids is 1. The molecule has 0 aliphatic heterocycles. The van der Waals surface area contributed by atoms with Crippen molar-refractivity contribution in [2.75, 3.05) is 0 Å². The highest BCUT2D eigenvalue weighted by molar-refractivity contribution is 6.24. The van der Waals surface area contributed by atoms with Crippen LogP contribution in [0.2, 0.25) is 0 Å². The van der Waals surface area contributed by atoms with E-state index in [1.165, 1.54) is 21.9 Å². The summed E-state index contributed by atoms with van der Waals surface area (Å²) in [5.74, 6) is 0.200. The summed E-state index contributed by atoms with van der Waals surface area (Å²) < 4.78 is 0. The number of ketones is 1. The van der Waals surface area contributed by atoms with E-state index in [0.29, 0.717) is 0 Å². The van der Waals surface area contributed by atoms with Crippen LogP contribution >= 0.6 is 0 Å². The lowest BCUT2D eigenvalue weighted by Crippen LogP contribution is -2.34. The fourth-order valence-corrected chi connectivity index (χ4v) is 5.27. The van der Waals surface area contributed by atoms with Gasteiger partial charge in [-0.25, -0.2) is 0 Å². The average molecular weight is 346 g/mol. The van der Waals surface area contributed by atoms with E-state index < -0.39 is 5.41 Å². The van der Waals surface area contributed by atoms with Crippen molar-refractivity contribution in [3.05, 3.63) is 118 Å². The molecule has 0 aromatic heterocycles. The maximum absolute atomic E-state index is 14.0. The molecule has 0 unspecified atom stereocenters. The second-order valence-corrected chi connectivity index (χ2v) is 7.61. The Hall–Kier alpha value is -3.19. The molecule has 4 aromatic carbocycles. The molecule has 1 heteroatoms. The van der Waals surface area contributed by atoms with Crippen LogP contribution in [0, 0.1) is 0 Å². The first-order chi connectivity index (χ1) is 13.3. The molecule has 0 heterocycles. The van der Waals surface area contributed by atoms with Gasteiger partial charge in [-0.15, -0.1) is 0 Å². The molecular weight excluding hydrogens is 328 g/mol. The average Bonchev–Trinajstić information content (AvgIpc) is 3.26. The van der Waals surface area contributed by atoms with Crippen molar-refractivity contribution in [1.82, 2.24) is 0 Å². The Balaban J connectivity index is 1.81. The lowest BCUT2D eigenvalue weighted by Gasteiger charge is -2.30. The number of Topliss-reactive ketones (excluding diaryl/α,β-unsaturated/α-hetero) is 1. The summed E-state index contributed by atoms with van der Waals surface area (Å²) in [5.41, 5.74) is 6.12. The van der Waals surface area contributed by atoms with Gasteiger partial charge in [0, 0.05) is 5.56 Å². The van der Waals surface area contributed by atoms with Gasteiger partial charge in [-0.05, 0) is 51.4 Å². The zero-order chi connectivity index (χ0) is 18.0. The Morgan fingerprint density at radius 2 is 1.15 bits per heavy atom. The molecule has 0 radical (unpaired) electrons. The molecule has 128 valence electrons. The van der Waals surface area contributed by atoms with E-state index >= 15 is 0 Å². The summed E-state index contributed by atoms with van der Waals surface area (Å²) in [4.78, 5) is 14.0. The van der Waals surface area contributed by atoms with Crippen molar-refractivity contribution >= 4 is 16.6 Å². The highest BCUT2D eigenvalue weighted by Crippen LogP contribution is 2.52. The van der Waals surface area contributed by atoms with Gasteiger partial charge in [-0.2, -0.15) is 0 Å². The van der Waals surface area contributed by atoms with Crippen LogP contribution in [0.4, 0.5) is 0 Å². The molecule has 0 bridgehead atoms. The number of aryl methyl sites for hydroxylation is 2. The summed E-state index contributed by atoms with van der Waals surface area (Å²) in [6.07, 6.45) is 2.15. The van der Waals surface area contributed by atoms with E-state index in [2.05, 4.69) is 48.5 Å². The minimum atomic E-state index is -0.759. The van der Waals surface area contributed by atoms with Crippen molar-refractivity contribution in [2.45, 2.75) is 18.3 Å². The van der Waals surface area contributed by atoms with E-state index in [0.717, 1.165) is 35.1 Å². The van der Waals surface area contributed by atoms with Crippen LogP contribution in [0.5, 0.6) is 0 Å². The van der Waals surface area contributed by atoms with Gasteiger partial charge in [0.05, 0.1) is 0 Å². The molecule has 6 rings (SSSR count). The first-order valence-corrected chi connectivity index (χ1v) is 9.55. The van der Waals surface area contributed by atoms with Gasteiger partial charge in [0.15, 0.2) is 5.78 Å². The predicted molar refractivity (Wildman–Crippen MR) is 108 cm³/mol. The SMILES string of the molecule is O=C1c2ccc3c4c(ccc(c24)C1(c1ccccc1)c1ccccc1)CC3. The lowest BCUT2D eigenvalue weighted by atomic mass is 9.69. The van der Waals surface area contributed by atoms with E-state index in [4.69, 9.17) is 0 Å². The molecule has 2 aliphatic carbocycles. The van der Waals surface area contributed by atoms with Crippen LogP contribution in [-0.4, -0.2) is 5.78 Å². The van der Waals surface area contributed by atoms with Gasteiger partial charge in [0.25, 0.3) is 0 Å². The van der Waals surface area contributed by atoms with Crippen molar-refractivity contribution in [3.8, 4) is 0 Å². The van der Waals surface area contributed by atoms with Gasteiger partial charge < -0.3 is 0 Å². The summed E-state index contributed by atoms with van der Waals surface area (Å²) in [6, 6.07) is 29.2. The van der Waals surface area contributed by atoms with E-state index in [1.54, 1.807) is 0 Å². The van der Waals surface area contributed by atoms with Crippen LogP contribution in [0.15, 0.2) is 84.9 Å². The third-order valence-corrected chi connectivity index (χ3v) is 6.40. The quantitative estimate of drug-likeness (QED) is 0.470. The molecule has 1 nitrogen and oxygen atoms in total. The molecule has 0 fully saturated rings. The monoisotopic (exact) mass is 346 g/mol. The van der Waals surface area contributed by atoms with Gasteiger partial charge in [-0.3, -0.25) is 4.79 Å². The van der Waals surface area contributed by atoms with Crippen LogP contribution < -0.4 is 0 Å². The molecule has 0 saturated carbocycles. The lowest BCUT2D eigenvalue weighted by molar-refractivity contribution is 0.0945. The standard InChI is InChI=1S/C26H18O/c27-25-21-15-13-17-11-12-18-14-16-22(24(21)23(17)18)26(25,19-7-3-1-4-8-19)20-9-5-2-6-10-20/h1-10,13-16H,11-12H2. The van der Waals surface area contributed by atoms with E-state index in [9.17, 15) is 4.79 Å². The smallest absolute Gasteiger partial charge is 0.182 e. The van der Waals surface area contributed by atoms with Crippen LogP contribution in [-0.2, 0) is 18.3 Å². The molecule has 0 amide bonds. The number of hydrogen-bond donors (Lipinski definition) is 0. The predicted octanol–water partition coefficient (Wildman–Crippen LogP) is 5.47. The summed E-state index contributed by atoms with van der Waals surface area (Å²) >= 11 is 0. The van der Waals surface area contributed by atoms with Crippen LogP contribution in [0.3, 0.4) is 0 Å². The van der Waals surface area contributed by atoms with Gasteiger partial charge in [0.2, 0.25) is 0 Å². The fraction of sp³-hybridized carbons (Fsp3) is 0.115. The van der Waals surface area contributed by atoms with Gasteiger partial charge >= 0.3 is 0 Å². The first kappa shape index (κ1) is 14.9. The first-order valence-electron chi connectivity index (χ1n) is 9.55. The minimum absolute atomic E-state index is 0.200. The zero-order valence-electron chi connectivity index (χ0n) is 14.9. The number of hydrogen-bond acceptors (Lipinski definition) is 1. The Labute approximate surface area is 158 Å². The fourth-order valence-electron chi connectivity index (χ4n) is 5.27. The Morgan fingerprint density at radius 3 is 1.74 bits per heavy atom. The second-order valence-electron chi connectivity index (χ2n) is 7.61. The minimum Gasteiger partial charge on any atom is -0.292 e. The van der Waals surface area contributed by atoms with E-state index in [1.807, 2.05) is 36.4 Å². The van der Waals surface area contributed by atoms with Gasteiger partial charge in [-0.1, -0.05) is 84.9 Å². The highest BCUT2D eigenvalue weighted by Gasteiger charge is 2.50.